The fourth-order valence-electron chi connectivity index (χ4n) is 3.67. The summed E-state index contributed by atoms with van der Waals surface area (Å²) >= 11 is 0. The van der Waals surface area contributed by atoms with Crippen molar-refractivity contribution in [2.75, 3.05) is 28.4 Å². The molecule has 8 heteroatoms. The zero-order valence-electron chi connectivity index (χ0n) is 18.9. The molecule has 0 saturated carbocycles. The Labute approximate surface area is 183 Å². The van der Waals surface area contributed by atoms with Gasteiger partial charge in [-0.3, -0.25) is 19.2 Å². The molecule has 1 aliphatic carbocycles. The summed E-state index contributed by atoms with van der Waals surface area (Å²) in [4.78, 5) is 50.1. The normalized spacial score (nSPS) is 22.4. The van der Waals surface area contributed by atoms with Crippen molar-refractivity contribution in [2.24, 2.45) is 10.8 Å². The molecule has 0 radical (unpaired) electrons. The third-order valence-electron chi connectivity index (χ3n) is 5.63. The van der Waals surface area contributed by atoms with Gasteiger partial charge in [0.05, 0.1) is 28.4 Å². The number of carbonyl (C=O) groups excluding carboxylic acids is 4. The topological polar surface area (TPSA) is 105 Å². The molecule has 0 aliphatic heterocycles. The van der Waals surface area contributed by atoms with Crippen LogP contribution in [0.25, 0.3) is 0 Å². The fourth-order valence-corrected chi connectivity index (χ4v) is 3.67. The van der Waals surface area contributed by atoms with Crippen LogP contribution in [0.5, 0.6) is 0 Å². The summed E-state index contributed by atoms with van der Waals surface area (Å²) in [6, 6.07) is 0. The molecule has 8 nitrogen and oxygen atoms in total. The molecule has 1 aliphatic rings. The Morgan fingerprint density at radius 1 is 0.710 bits per heavy atom. The van der Waals surface area contributed by atoms with Crippen molar-refractivity contribution in [1.82, 2.24) is 0 Å². The molecule has 0 saturated heterocycles. The van der Waals surface area contributed by atoms with E-state index in [0.29, 0.717) is 12.8 Å². The van der Waals surface area contributed by atoms with Crippen LogP contribution >= 0.6 is 0 Å². The van der Waals surface area contributed by atoms with Gasteiger partial charge in [-0.2, -0.15) is 0 Å². The molecule has 0 fully saturated rings. The van der Waals surface area contributed by atoms with E-state index in [0.717, 1.165) is 5.57 Å². The second-order valence-electron chi connectivity index (χ2n) is 7.48. The van der Waals surface area contributed by atoms with Gasteiger partial charge in [-0.05, 0) is 45.4 Å². The van der Waals surface area contributed by atoms with Crippen molar-refractivity contribution < 1.29 is 38.1 Å². The predicted molar refractivity (Wildman–Crippen MR) is 113 cm³/mol. The number of ether oxygens (including phenoxy) is 4. The molecule has 0 atom stereocenters. The largest absolute Gasteiger partial charge is 0.468 e. The molecule has 0 unspecified atom stereocenters. The zero-order chi connectivity index (χ0) is 23.5. The van der Waals surface area contributed by atoms with E-state index in [9.17, 15) is 19.2 Å². The molecule has 1 rings (SSSR count). The number of allylic oxidation sites excluding steroid dienone is 6. The molecule has 0 N–H and O–H groups in total. The standard InChI is InChI=1S/C23H32O8/c1-17-11-10-15-22(18(24)28-2,19(25)29-3)13-8-6-7-9-14-23(16-12-17,20(26)30-4)21(27)31-5/h6-9,11H,10,12-16H2,1-5H3/b8-6+,9-7-,17-11+. The number of carbonyl (C=O) groups is 4. The molecule has 0 amide bonds. The lowest BCUT2D eigenvalue weighted by molar-refractivity contribution is -0.171. The van der Waals surface area contributed by atoms with Crippen molar-refractivity contribution in [1.29, 1.82) is 0 Å². The van der Waals surface area contributed by atoms with E-state index in [1.165, 1.54) is 28.4 Å². The van der Waals surface area contributed by atoms with E-state index >= 15 is 0 Å². The van der Waals surface area contributed by atoms with Gasteiger partial charge in [-0.15, -0.1) is 0 Å². The molecule has 0 aromatic rings. The number of esters is 4. The second-order valence-corrected chi connectivity index (χ2v) is 7.48. The van der Waals surface area contributed by atoms with Crippen molar-refractivity contribution in [2.45, 2.75) is 45.4 Å². The van der Waals surface area contributed by atoms with Gasteiger partial charge in [-0.25, -0.2) is 0 Å². The first-order valence-corrected chi connectivity index (χ1v) is 10.0. The van der Waals surface area contributed by atoms with Crippen molar-refractivity contribution in [3.63, 3.8) is 0 Å². The maximum Gasteiger partial charge on any atom is 0.323 e. The Kier molecular flexibility index (Phi) is 10.2. The summed E-state index contributed by atoms with van der Waals surface area (Å²) in [5, 5.41) is 0. The highest BCUT2D eigenvalue weighted by atomic mass is 16.6. The van der Waals surface area contributed by atoms with Crippen molar-refractivity contribution >= 4 is 23.9 Å². The van der Waals surface area contributed by atoms with Gasteiger partial charge in [0, 0.05) is 0 Å². The number of rotatable bonds is 4. The highest BCUT2D eigenvalue weighted by molar-refractivity contribution is 6.00. The lowest BCUT2D eigenvalue weighted by Crippen LogP contribution is -2.41. The number of hydrogen-bond donors (Lipinski definition) is 0. The van der Waals surface area contributed by atoms with Gasteiger partial charge in [-0.1, -0.05) is 36.0 Å². The van der Waals surface area contributed by atoms with Crippen LogP contribution < -0.4 is 0 Å². The highest BCUT2D eigenvalue weighted by Crippen LogP contribution is 2.36. The minimum absolute atomic E-state index is 0.0860. The summed E-state index contributed by atoms with van der Waals surface area (Å²) in [7, 11) is 4.96. The summed E-state index contributed by atoms with van der Waals surface area (Å²) in [6.07, 6.45) is 9.88. The van der Waals surface area contributed by atoms with Gasteiger partial charge in [0.1, 0.15) is 0 Å². The maximum absolute atomic E-state index is 12.5. The van der Waals surface area contributed by atoms with Crippen LogP contribution in [-0.2, 0) is 38.1 Å². The third-order valence-corrected chi connectivity index (χ3v) is 5.63. The summed E-state index contributed by atoms with van der Waals surface area (Å²) in [5.41, 5.74) is -2.00. The van der Waals surface area contributed by atoms with E-state index in [1.807, 2.05) is 13.0 Å². The van der Waals surface area contributed by atoms with E-state index in [-0.39, 0.29) is 25.7 Å². The highest BCUT2D eigenvalue weighted by Gasteiger charge is 2.48. The Hall–Kier alpha value is -2.90. The van der Waals surface area contributed by atoms with Crippen LogP contribution in [0, 0.1) is 10.8 Å². The van der Waals surface area contributed by atoms with Gasteiger partial charge < -0.3 is 18.9 Å². The van der Waals surface area contributed by atoms with Gasteiger partial charge in [0.25, 0.3) is 0 Å². The van der Waals surface area contributed by atoms with E-state index in [1.54, 1.807) is 24.3 Å². The average molecular weight is 437 g/mol. The summed E-state index contributed by atoms with van der Waals surface area (Å²) < 4.78 is 19.6. The van der Waals surface area contributed by atoms with Gasteiger partial charge in [0.15, 0.2) is 10.8 Å². The molecular weight excluding hydrogens is 404 g/mol. The molecule has 0 aromatic carbocycles. The number of hydrogen-bond acceptors (Lipinski definition) is 8. The minimum atomic E-state index is -1.45. The van der Waals surface area contributed by atoms with Crippen molar-refractivity contribution in [3.05, 3.63) is 36.0 Å². The minimum Gasteiger partial charge on any atom is -0.468 e. The fraction of sp³-hybridized carbons (Fsp3) is 0.565. The first kappa shape index (κ1) is 26.1. The van der Waals surface area contributed by atoms with Gasteiger partial charge >= 0.3 is 23.9 Å². The molecule has 31 heavy (non-hydrogen) atoms. The van der Waals surface area contributed by atoms with Crippen LogP contribution in [0.2, 0.25) is 0 Å². The van der Waals surface area contributed by atoms with E-state index < -0.39 is 34.7 Å². The lowest BCUT2D eigenvalue weighted by Gasteiger charge is -2.28. The Morgan fingerprint density at radius 3 is 1.48 bits per heavy atom. The van der Waals surface area contributed by atoms with Crippen LogP contribution in [-0.4, -0.2) is 52.3 Å². The molecule has 0 spiro atoms. The van der Waals surface area contributed by atoms with Crippen molar-refractivity contribution in [3.8, 4) is 0 Å². The summed E-state index contributed by atoms with van der Waals surface area (Å²) in [5.74, 6) is -2.60. The maximum atomic E-state index is 12.5. The smallest absolute Gasteiger partial charge is 0.323 e. The molecular formula is C23H32O8. The summed E-state index contributed by atoms with van der Waals surface area (Å²) in [6.45, 7) is 1.86. The predicted octanol–water partition coefficient (Wildman–Crippen LogP) is 3.06. The van der Waals surface area contributed by atoms with Crippen LogP contribution in [0.15, 0.2) is 36.0 Å². The molecule has 0 bridgehead atoms. The third kappa shape index (κ3) is 6.06. The molecule has 0 aromatic heterocycles. The Morgan fingerprint density at radius 2 is 1.10 bits per heavy atom. The Balaban J connectivity index is 3.37. The first-order chi connectivity index (χ1) is 14.7. The number of methoxy groups -OCH3 is 4. The van der Waals surface area contributed by atoms with Crippen LogP contribution in [0.4, 0.5) is 0 Å². The van der Waals surface area contributed by atoms with E-state index in [2.05, 4.69) is 0 Å². The lowest BCUT2D eigenvalue weighted by atomic mass is 9.77. The van der Waals surface area contributed by atoms with Crippen LogP contribution in [0.3, 0.4) is 0 Å². The van der Waals surface area contributed by atoms with E-state index in [4.69, 9.17) is 18.9 Å². The SMILES string of the molecule is COC(=O)C1(C(=O)OC)C/C=C\C=C\CC(C(=O)OC)(C(=O)OC)CC/C=C(\C)CC1. The quantitative estimate of drug-likeness (QED) is 0.287. The molecule has 0 heterocycles. The molecule has 172 valence electrons. The first-order valence-electron chi connectivity index (χ1n) is 10.0. The van der Waals surface area contributed by atoms with Crippen LogP contribution in [0.1, 0.15) is 45.4 Å². The Bertz CT molecular complexity index is 728. The second kappa shape index (κ2) is 12.1. The monoisotopic (exact) mass is 436 g/mol. The zero-order valence-corrected chi connectivity index (χ0v) is 18.9. The average Bonchev–Trinajstić information content (AvgIpc) is 2.79. The van der Waals surface area contributed by atoms with Gasteiger partial charge in [0.2, 0.25) is 0 Å².